The first kappa shape index (κ1) is 19.3. The Morgan fingerprint density at radius 3 is 2.54 bits per heavy atom. The number of ether oxygens (including phenoxy) is 1. The molecule has 2 N–H and O–H groups in total. The number of amides is 1. The van der Waals surface area contributed by atoms with E-state index in [0.29, 0.717) is 31.2 Å². The largest absolute Gasteiger partial charge is 0.390 e. The molecule has 0 unspecified atom stereocenters. The zero-order chi connectivity index (χ0) is 18.6. The highest BCUT2D eigenvalue weighted by atomic mass is 16.5. The lowest BCUT2D eigenvalue weighted by atomic mass is 9.98. The summed E-state index contributed by atoms with van der Waals surface area (Å²) in [5, 5.41) is 13.0. The molecule has 2 fully saturated rings. The Morgan fingerprint density at radius 1 is 1.19 bits per heavy atom. The summed E-state index contributed by atoms with van der Waals surface area (Å²) in [6.45, 7) is 7.15. The summed E-state index contributed by atoms with van der Waals surface area (Å²) in [5.41, 5.74) is 1.16. The summed E-state index contributed by atoms with van der Waals surface area (Å²) >= 11 is 0. The van der Waals surface area contributed by atoms with Gasteiger partial charge in [-0.3, -0.25) is 9.69 Å². The van der Waals surface area contributed by atoms with Gasteiger partial charge < -0.3 is 15.2 Å². The van der Waals surface area contributed by atoms with E-state index in [2.05, 4.69) is 10.2 Å². The molecule has 1 aromatic rings. The number of aryl methyl sites for hydroxylation is 1. The molecule has 2 atom stereocenters. The monoisotopic (exact) mass is 360 g/mol. The van der Waals surface area contributed by atoms with E-state index in [-0.39, 0.29) is 11.9 Å². The first-order valence-electron chi connectivity index (χ1n) is 9.86. The van der Waals surface area contributed by atoms with Crippen molar-refractivity contribution in [3.05, 3.63) is 35.4 Å². The van der Waals surface area contributed by atoms with Crippen LogP contribution in [0.5, 0.6) is 0 Å². The predicted octanol–water partition coefficient (Wildman–Crippen LogP) is 2.37. The summed E-state index contributed by atoms with van der Waals surface area (Å²) < 4.78 is 5.66. The first-order chi connectivity index (χ1) is 12.4. The number of benzene rings is 1. The van der Waals surface area contributed by atoms with E-state index in [4.69, 9.17) is 4.74 Å². The molecule has 5 nitrogen and oxygen atoms in total. The second-order valence-corrected chi connectivity index (χ2v) is 8.29. The van der Waals surface area contributed by atoms with E-state index >= 15 is 0 Å². The van der Waals surface area contributed by atoms with Gasteiger partial charge in [-0.1, -0.05) is 18.6 Å². The van der Waals surface area contributed by atoms with Gasteiger partial charge in [0.05, 0.1) is 30.9 Å². The Labute approximate surface area is 156 Å². The number of hydrogen-bond donors (Lipinski definition) is 2. The van der Waals surface area contributed by atoms with Gasteiger partial charge >= 0.3 is 0 Å². The molecule has 26 heavy (non-hydrogen) atoms. The minimum absolute atomic E-state index is 0.0310. The Morgan fingerprint density at radius 2 is 1.88 bits per heavy atom. The number of nitrogens with zero attached hydrogens (tertiary/aromatic N) is 1. The van der Waals surface area contributed by atoms with Crippen LogP contribution in [0, 0.1) is 0 Å². The third kappa shape index (κ3) is 5.29. The molecular weight excluding hydrogens is 328 g/mol. The third-order valence-corrected chi connectivity index (χ3v) is 5.47. The Hall–Kier alpha value is -1.43. The van der Waals surface area contributed by atoms with Crippen LogP contribution in [-0.2, 0) is 11.2 Å². The lowest BCUT2D eigenvalue weighted by molar-refractivity contribution is 0.0713. The van der Waals surface area contributed by atoms with E-state index in [9.17, 15) is 9.90 Å². The number of aliphatic hydroxyl groups is 1. The van der Waals surface area contributed by atoms with E-state index in [0.717, 1.165) is 25.1 Å². The fourth-order valence-electron chi connectivity index (χ4n) is 3.82. The third-order valence-electron chi connectivity index (χ3n) is 5.47. The fourth-order valence-corrected chi connectivity index (χ4v) is 3.82. The van der Waals surface area contributed by atoms with Crippen molar-refractivity contribution in [3.8, 4) is 0 Å². The second kappa shape index (κ2) is 8.51. The van der Waals surface area contributed by atoms with Crippen molar-refractivity contribution in [3.63, 3.8) is 0 Å². The first-order valence-corrected chi connectivity index (χ1v) is 9.86. The van der Waals surface area contributed by atoms with Crippen LogP contribution in [0.2, 0.25) is 0 Å². The molecule has 0 saturated carbocycles. The molecule has 0 aliphatic carbocycles. The van der Waals surface area contributed by atoms with Crippen LogP contribution >= 0.6 is 0 Å². The number of piperidine rings is 1. The number of hydrogen-bond acceptors (Lipinski definition) is 4. The van der Waals surface area contributed by atoms with E-state index < -0.39 is 5.60 Å². The molecule has 0 spiro atoms. The number of nitrogens with one attached hydrogen (secondary N) is 1. The molecule has 0 aromatic heterocycles. The Bertz CT molecular complexity index is 588. The van der Waals surface area contributed by atoms with E-state index in [1.54, 1.807) is 0 Å². The average Bonchev–Trinajstić information content (AvgIpc) is 3.08. The van der Waals surface area contributed by atoms with Gasteiger partial charge in [-0.25, -0.2) is 0 Å². The maximum absolute atomic E-state index is 12.6. The quantitative estimate of drug-likeness (QED) is 0.818. The van der Waals surface area contributed by atoms with Crippen LogP contribution in [0.4, 0.5) is 0 Å². The molecule has 2 aliphatic heterocycles. The van der Waals surface area contributed by atoms with Crippen molar-refractivity contribution in [1.82, 2.24) is 10.2 Å². The predicted molar refractivity (Wildman–Crippen MR) is 102 cm³/mol. The van der Waals surface area contributed by atoms with Crippen molar-refractivity contribution in [2.45, 2.75) is 63.6 Å². The SMILES string of the molecule is CC(C)(O)CCc1ccc(C(=O)N[C@H]2COC[C@@H]2N2CCCCC2)cc1. The molecule has 144 valence electrons. The summed E-state index contributed by atoms with van der Waals surface area (Å²) in [7, 11) is 0. The minimum atomic E-state index is -0.665. The van der Waals surface area contributed by atoms with E-state index in [1.165, 1.54) is 19.3 Å². The topological polar surface area (TPSA) is 61.8 Å². The average molecular weight is 360 g/mol. The molecule has 1 amide bonds. The Balaban J connectivity index is 1.55. The standard InChI is InChI=1S/C21H32N2O3/c1-21(2,25)11-10-16-6-8-17(9-7-16)20(24)22-18-14-26-15-19(18)23-12-4-3-5-13-23/h6-9,18-19,25H,3-5,10-15H2,1-2H3,(H,22,24)/t18-,19-/m0/s1. The second-order valence-electron chi connectivity index (χ2n) is 8.29. The molecule has 2 saturated heterocycles. The molecule has 1 aromatic carbocycles. The van der Waals surface area contributed by atoms with E-state index in [1.807, 2.05) is 38.1 Å². The van der Waals surface area contributed by atoms with Gasteiger partial charge in [-0.2, -0.15) is 0 Å². The summed E-state index contributed by atoms with van der Waals surface area (Å²) in [6.07, 6.45) is 5.29. The molecule has 3 rings (SSSR count). The van der Waals surface area contributed by atoms with Gasteiger partial charge in [0.25, 0.3) is 5.91 Å². The van der Waals surface area contributed by atoms with Crippen LogP contribution in [0.3, 0.4) is 0 Å². The van der Waals surface area contributed by atoms with Gasteiger partial charge in [0.15, 0.2) is 0 Å². The van der Waals surface area contributed by atoms with Gasteiger partial charge in [-0.05, 0) is 70.3 Å². The molecular formula is C21H32N2O3. The normalized spacial score (nSPS) is 24.6. The van der Waals surface area contributed by atoms with Crippen molar-refractivity contribution in [2.24, 2.45) is 0 Å². The van der Waals surface area contributed by atoms with Gasteiger partial charge in [0.2, 0.25) is 0 Å². The van der Waals surface area contributed by atoms with Crippen molar-refractivity contribution < 1.29 is 14.6 Å². The van der Waals surface area contributed by atoms with Crippen molar-refractivity contribution in [1.29, 1.82) is 0 Å². The number of carbonyl (C=O) groups excluding carboxylic acids is 1. The lowest BCUT2D eigenvalue weighted by Crippen LogP contribution is -2.52. The van der Waals surface area contributed by atoms with Crippen LogP contribution in [0.1, 0.15) is 55.5 Å². The molecule has 5 heteroatoms. The summed E-state index contributed by atoms with van der Waals surface area (Å²) in [4.78, 5) is 15.1. The van der Waals surface area contributed by atoms with Gasteiger partial charge in [-0.15, -0.1) is 0 Å². The number of rotatable bonds is 6. The summed E-state index contributed by atoms with van der Waals surface area (Å²) in [5.74, 6) is -0.0310. The van der Waals surface area contributed by atoms with Crippen molar-refractivity contribution >= 4 is 5.91 Å². The van der Waals surface area contributed by atoms with Gasteiger partial charge in [0.1, 0.15) is 0 Å². The highest BCUT2D eigenvalue weighted by molar-refractivity contribution is 5.94. The highest BCUT2D eigenvalue weighted by Crippen LogP contribution is 2.19. The van der Waals surface area contributed by atoms with Crippen LogP contribution in [0.25, 0.3) is 0 Å². The van der Waals surface area contributed by atoms with Crippen molar-refractivity contribution in [2.75, 3.05) is 26.3 Å². The maximum atomic E-state index is 12.6. The number of likely N-dealkylation sites (tertiary alicyclic amines) is 1. The number of carbonyl (C=O) groups is 1. The zero-order valence-electron chi connectivity index (χ0n) is 16.0. The summed E-state index contributed by atoms with van der Waals surface area (Å²) in [6, 6.07) is 8.07. The molecule has 0 bridgehead atoms. The van der Waals surface area contributed by atoms with Crippen LogP contribution in [-0.4, -0.2) is 59.9 Å². The van der Waals surface area contributed by atoms with Crippen LogP contribution < -0.4 is 5.32 Å². The van der Waals surface area contributed by atoms with Crippen LogP contribution in [0.15, 0.2) is 24.3 Å². The zero-order valence-corrected chi connectivity index (χ0v) is 16.0. The fraction of sp³-hybridized carbons (Fsp3) is 0.667. The lowest BCUT2D eigenvalue weighted by Gasteiger charge is -2.34. The smallest absolute Gasteiger partial charge is 0.251 e. The Kier molecular flexibility index (Phi) is 6.33. The molecule has 2 aliphatic rings. The maximum Gasteiger partial charge on any atom is 0.251 e. The minimum Gasteiger partial charge on any atom is -0.390 e. The molecule has 2 heterocycles. The van der Waals surface area contributed by atoms with Gasteiger partial charge in [0, 0.05) is 5.56 Å². The highest BCUT2D eigenvalue weighted by Gasteiger charge is 2.34. The molecule has 0 radical (unpaired) electrons.